The monoisotopic (exact) mass is 278 g/mol. The molecule has 2 aromatic carbocycles. The summed E-state index contributed by atoms with van der Waals surface area (Å²) < 4.78 is 2.32. The molecule has 3 rings (SSSR count). The van der Waals surface area contributed by atoms with Crippen LogP contribution in [-0.2, 0) is 13.0 Å². The molecule has 1 aromatic heterocycles. The molecule has 0 saturated carbocycles. The van der Waals surface area contributed by atoms with Gasteiger partial charge in [-0.05, 0) is 50.1 Å². The molecule has 0 radical (unpaired) electrons. The molecule has 1 heterocycles. The van der Waals surface area contributed by atoms with Crippen molar-refractivity contribution < 1.29 is 0 Å². The van der Waals surface area contributed by atoms with Crippen LogP contribution < -0.4 is 5.73 Å². The van der Waals surface area contributed by atoms with Crippen molar-refractivity contribution in [3.63, 3.8) is 0 Å². The van der Waals surface area contributed by atoms with Gasteiger partial charge in [0.2, 0.25) is 0 Å². The minimum atomic E-state index is 0.696. The first-order valence-corrected chi connectivity index (χ1v) is 7.51. The van der Waals surface area contributed by atoms with Crippen molar-refractivity contribution in [1.29, 1.82) is 0 Å². The van der Waals surface area contributed by atoms with Crippen molar-refractivity contribution in [3.05, 3.63) is 70.9 Å². The second-order valence-corrected chi connectivity index (χ2v) is 5.83. The predicted molar refractivity (Wildman–Crippen MR) is 89.7 cm³/mol. The normalized spacial score (nSPS) is 11.2. The summed E-state index contributed by atoms with van der Waals surface area (Å²) in [6, 6.07) is 15.5. The van der Waals surface area contributed by atoms with Gasteiger partial charge in [0.05, 0.1) is 0 Å². The number of rotatable bonds is 4. The van der Waals surface area contributed by atoms with Crippen molar-refractivity contribution in [2.75, 3.05) is 6.54 Å². The number of hydrogen-bond donors (Lipinski definition) is 1. The minimum Gasteiger partial charge on any atom is -0.343 e. The molecule has 2 N–H and O–H groups in total. The van der Waals surface area contributed by atoms with Crippen molar-refractivity contribution in [2.45, 2.75) is 26.8 Å². The zero-order valence-corrected chi connectivity index (χ0v) is 12.8. The van der Waals surface area contributed by atoms with Crippen molar-refractivity contribution in [3.8, 4) is 0 Å². The van der Waals surface area contributed by atoms with E-state index in [-0.39, 0.29) is 0 Å². The Bertz CT molecular complexity index is 748. The lowest BCUT2D eigenvalue weighted by atomic mass is 10.1. The molecule has 0 amide bonds. The van der Waals surface area contributed by atoms with E-state index in [4.69, 9.17) is 5.73 Å². The molecular formula is C19H22N2. The van der Waals surface area contributed by atoms with Crippen LogP contribution in [0.15, 0.2) is 48.7 Å². The van der Waals surface area contributed by atoms with E-state index in [9.17, 15) is 0 Å². The van der Waals surface area contributed by atoms with Crippen LogP contribution in [0.25, 0.3) is 10.9 Å². The topological polar surface area (TPSA) is 30.9 Å². The van der Waals surface area contributed by atoms with Gasteiger partial charge in [0, 0.05) is 23.6 Å². The summed E-state index contributed by atoms with van der Waals surface area (Å²) in [6.07, 6.45) is 3.12. The molecule has 0 aliphatic rings. The predicted octanol–water partition coefficient (Wildman–Crippen LogP) is 3.81. The number of hydrogen-bond acceptors (Lipinski definition) is 1. The van der Waals surface area contributed by atoms with Gasteiger partial charge >= 0.3 is 0 Å². The summed E-state index contributed by atoms with van der Waals surface area (Å²) >= 11 is 0. The number of benzene rings is 2. The van der Waals surface area contributed by atoms with E-state index < -0.39 is 0 Å². The Morgan fingerprint density at radius 1 is 1.00 bits per heavy atom. The molecule has 0 saturated heterocycles. The van der Waals surface area contributed by atoms with Crippen LogP contribution in [-0.4, -0.2) is 11.1 Å². The first-order valence-electron chi connectivity index (χ1n) is 7.51. The Balaban J connectivity index is 1.99. The van der Waals surface area contributed by atoms with Crippen LogP contribution in [0.3, 0.4) is 0 Å². The fraction of sp³-hybridized carbons (Fsp3) is 0.263. The number of fused-ring (bicyclic) bond motifs is 1. The maximum atomic E-state index is 5.71. The van der Waals surface area contributed by atoms with E-state index in [1.54, 1.807) is 0 Å². The van der Waals surface area contributed by atoms with Crippen LogP contribution in [0.5, 0.6) is 0 Å². The van der Waals surface area contributed by atoms with Crippen LogP contribution in [0.4, 0.5) is 0 Å². The molecule has 0 fully saturated rings. The van der Waals surface area contributed by atoms with Crippen LogP contribution in [0.1, 0.15) is 22.3 Å². The Kier molecular flexibility index (Phi) is 3.80. The van der Waals surface area contributed by atoms with Gasteiger partial charge in [-0.15, -0.1) is 0 Å². The summed E-state index contributed by atoms with van der Waals surface area (Å²) in [6.45, 7) is 5.92. The van der Waals surface area contributed by atoms with Gasteiger partial charge in [0.15, 0.2) is 0 Å². The highest BCUT2D eigenvalue weighted by Gasteiger charge is 2.06. The lowest BCUT2D eigenvalue weighted by Crippen LogP contribution is -2.03. The van der Waals surface area contributed by atoms with E-state index in [2.05, 4.69) is 67.1 Å². The average molecular weight is 278 g/mol. The molecule has 3 aromatic rings. The third-order valence-corrected chi connectivity index (χ3v) is 3.95. The fourth-order valence-electron chi connectivity index (χ4n) is 3.16. The van der Waals surface area contributed by atoms with Gasteiger partial charge in [0.25, 0.3) is 0 Å². The molecule has 0 spiro atoms. The highest BCUT2D eigenvalue weighted by molar-refractivity contribution is 5.83. The first kappa shape index (κ1) is 13.9. The molecule has 2 heteroatoms. The standard InChI is InChI=1S/C19H22N2/c1-14-10-15(2)12-16(11-14)13-21-9-7-18-17(6-8-20)4-3-5-19(18)21/h3-5,7,9-12H,6,8,13,20H2,1-2H3. The van der Waals surface area contributed by atoms with E-state index in [1.807, 2.05) is 0 Å². The number of aromatic nitrogens is 1. The summed E-state index contributed by atoms with van der Waals surface area (Å²) in [5.74, 6) is 0. The molecule has 0 unspecified atom stereocenters. The first-order chi connectivity index (χ1) is 10.2. The number of nitrogens with zero attached hydrogens (tertiary/aromatic N) is 1. The van der Waals surface area contributed by atoms with Crippen molar-refractivity contribution in [2.24, 2.45) is 5.73 Å². The average Bonchev–Trinajstić information content (AvgIpc) is 2.82. The van der Waals surface area contributed by atoms with Crippen LogP contribution >= 0.6 is 0 Å². The maximum absolute atomic E-state index is 5.71. The summed E-state index contributed by atoms with van der Waals surface area (Å²) in [7, 11) is 0. The zero-order chi connectivity index (χ0) is 14.8. The van der Waals surface area contributed by atoms with Gasteiger partial charge in [-0.25, -0.2) is 0 Å². The third kappa shape index (κ3) is 2.86. The van der Waals surface area contributed by atoms with Gasteiger partial charge in [-0.2, -0.15) is 0 Å². The Morgan fingerprint density at radius 3 is 2.48 bits per heavy atom. The van der Waals surface area contributed by atoms with E-state index in [1.165, 1.54) is 33.2 Å². The quantitative estimate of drug-likeness (QED) is 0.773. The smallest absolute Gasteiger partial charge is 0.0486 e. The number of aryl methyl sites for hydroxylation is 2. The molecule has 0 aliphatic carbocycles. The summed E-state index contributed by atoms with van der Waals surface area (Å²) in [5.41, 5.74) is 12.3. The molecule has 0 bridgehead atoms. The van der Waals surface area contributed by atoms with E-state index in [0.29, 0.717) is 6.54 Å². The zero-order valence-electron chi connectivity index (χ0n) is 12.8. The Morgan fingerprint density at radius 2 is 1.76 bits per heavy atom. The molecule has 0 atom stereocenters. The van der Waals surface area contributed by atoms with Crippen LogP contribution in [0, 0.1) is 13.8 Å². The second-order valence-electron chi connectivity index (χ2n) is 5.83. The summed E-state index contributed by atoms with van der Waals surface area (Å²) in [5, 5.41) is 1.33. The third-order valence-electron chi connectivity index (χ3n) is 3.95. The second kappa shape index (κ2) is 5.74. The van der Waals surface area contributed by atoms with Gasteiger partial charge in [-0.1, -0.05) is 41.5 Å². The maximum Gasteiger partial charge on any atom is 0.0486 e. The Hall–Kier alpha value is -2.06. The molecule has 2 nitrogen and oxygen atoms in total. The van der Waals surface area contributed by atoms with Crippen molar-refractivity contribution >= 4 is 10.9 Å². The molecule has 0 aliphatic heterocycles. The summed E-state index contributed by atoms with van der Waals surface area (Å²) in [4.78, 5) is 0. The lowest BCUT2D eigenvalue weighted by molar-refractivity contribution is 0.834. The highest BCUT2D eigenvalue weighted by atomic mass is 14.9. The fourth-order valence-corrected chi connectivity index (χ4v) is 3.16. The molecular weight excluding hydrogens is 256 g/mol. The SMILES string of the molecule is Cc1cc(C)cc(Cn2ccc3c(CCN)cccc32)c1. The largest absolute Gasteiger partial charge is 0.343 e. The van der Waals surface area contributed by atoms with Gasteiger partial charge in [0.1, 0.15) is 0 Å². The van der Waals surface area contributed by atoms with E-state index in [0.717, 1.165) is 13.0 Å². The van der Waals surface area contributed by atoms with E-state index >= 15 is 0 Å². The van der Waals surface area contributed by atoms with Crippen molar-refractivity contribution in [1.82, 2.24) is 4.57 Å². The molecule has 21 heavy (non-hydrogen) atoms. The number of nitrogens with two attached hydrogens (primary N) is 1. The van der Waals surface area contributed by atoms with Gasteiger partial charge < -0.3 is 10.3 Å². The minimum absolute atomic E-state index is 0.696. The molecule has 108 valence electrons. The van der Waals surface area contributed by atoms with Crippen LogP contribution in [0.2, 0.25) is 0 Å². The highest BCUT2D eigenvalue weighted by Crippen LogP contribution is 2.22. The van der Waals surface area contributed by atoms with Gasteiger partial charge in [-0.3, -0.25) is 0 Å². The Labute approximate surface area is 126 Å². The lowest BCUT2D eigenvalue weighted by Gasteiger charge is -2.09.